The van der Waals surface area contributed by atoms with Gasteiger partial charge in [0.25, 0.3) is 15.9 Å². The standard InChI is InChI=1S/C27H19Cl2F3N2O4S/c28-18-10-15-23(21(16-18)26(35)33-25(27(30,31)32)17-6-2-1-3-7-17)34-39(36,37)20-13-11-19(12-14-20)38-24-9-5-4-8-22(24)29/h1-16,25,34H,(H,33,35)/t25-/m1/s1. The maximum atomic E-state index is 13.8. The predicted molar refractivity (Wildman–Crippen MR) is 143 cm³/mol. The van der Waals surface area contributed by atoms with Gasteiger partial charge in [-0.3, -0.25) is 9.52 Å². The Kier molecular flexibility index (Phi) is 8.39. The molecule has 0 fully saturated rings. The number of hydrogen-bond acceptors (Lipinski definition) is 4. The van der Waals surface area contributed by atoms with Gasteiger partial charge >= 0.3 is 6.18 Å². The first kappa shape index (κ1) is 28.3. The Labute approximate surface area is 232 Å². The molecule has 2 N–H and O–H groups in total. The monoisotopic (exact) mass is 594 g/mol. The molecule has 0 aromatic heterocycles. The minimum atomic E-state index is -4.82. The molecule has 12 heteroatoms. The van der Waals surface area contributed by atoms with E-state index in [4.69, 9.17) is 27.9 Å². The van der Waals surface area contributed by atoms with Gasteiger partial charge in [0.1, 0.15) is 11.5 Å². The van der Waals surface area contributed by atoms with Crippen LogP contribution in [-0.4, -0.2) is 20.5 Å². The summed E-state index contributed by atoms with van der Waals surface area (Å²) in [6, 6.07) is 20.1. The van der Waals surface area contributed by atoms with Crippen LogP contribution < -0.4 is 14.8 Å². The van der Waals surface area contributed by atoms with Crippen molar-refractivity contribution in [3.05, 3.63) is 118 Å². The molecule has 4 aromatic carbocycles. The first-order valence-electron chi connectivity index (χ1n) is 11.2. The van der Waals surface area contributed by atoms with Crippen LogP contribution >= 0.6 is 23.2 Å². The fraction of sp³-hybridized carbons (Fsp3) is 0.0741. The third kappa shape index (κ3) is 7.03. The Morgan fingerprint density at radius 3 is 2.13 bits per heavy atom. The molecule has 1 amide bonds. The normalized spacial score (nSPS) is 12.4. The fourth-order valence-electron chi connectivity index (χ4n) is 3.55. The lowest BCUT2D eigenvalue weighted by Crippen LogP contribution is -2.38. The van der Waals surface area contributed by atoms with Crippen molar-refractivity contribution in [3.63, 3.8) is 0 Å². The largest absolute Gasteiger partial charge is 0.456 e. The summed E-state index contributed by atoms with van der Waals surface area (Å²) in [6.07, 6.45) is -4.82. The Morgan fingerprint density at radius 2 is 1.49 bits per heavy atom. The van der Waals surface area contributed by atoms with Gasteiger partial charge in [0.2, 0.25) is 0 Å². The van der Waals surface area contributed by atoms with Crippen molar-refractivity contribution in [2.75, 3.05) is 4.72 Å². The number of alkyl halides is 3. The topological polar surface area (TPSA) is 84.5 Å². The molecule has 4 aromatic rings. The third-order valence-electron chi connectivity index (χ3n) is 5.40. The number of amides is 1. The van der Waals surface area contributed by atoms with E-state index in [1.807, 2.05) is 5.32 Å². The number of para-hydroxylation sites is 1. The number of nitrogens with one attached hydrogen (secondary N) is 2. The van der Waals surface area contributed by atoms with E-state index in [0.29, 0.717) is 16.5 Å². The highest BCUT2D eigenvalue weighted by Crippen LogP contribution is 2.34. The van der Waals surface area contributed by atoms with Gasteiger partial charge in [-0.15, -0.1) is 0 Å². The van der Waals surface area contributed by atoms with Crippen molar-refractivity contribution in [1.82, 2.24) is 5.32 Å². The minimum Gasteiger partial charge on any atom is -0.456 e. The Morgan fingerprint density at radius 1 is 0.846 bits per heavy atom. The van der Waals surface area contributed by atoms with E-state index in [2.05, 4.69) is 4.72 Å². The maximum absolute atomic E-state index is 13.8. The highest BCUT2D eigenvalue weighted by molar-refractivity contribution is 7.92. The highest BCUT2D eigenvalue weighted by atomic mass is 35.5. The van der Waals surface area contributed by atoms with E-state index < -0.39 is 33.7 Å². The Hall–Kier alpha value is -3.73. The molecule has 6 nitrogen and oxygen atoms in total. The zero-order valence-corrected chi connectivity index (χ0v) is 22.1. The summed E-state index contributed by atoms with van der Waals surface area (Å²) in [4.78, 5) is 12.8. The van der Waals surface area contributed by atoms with Crippen molar-refractivity contribution in [1.29, 1.82) is 0 Å². The van der Waals surface area contributed by atoms with Gasteiger partial charge in [-0.25, -0.2) is 8.42 Å². The van der Waals surface area contributed by atoms with Crippen molar-refractivity contribution >= 4 is 44.8 Å². The number of rotatable bonds is 8. The molecule has 0 heterocycles. The van der Waals surface area contributed by atoms with Gasteiger partial charge in [-0.2, -0.15) is 13.2 Å². The summed E-state index contributed by atoms with van der Waals surface area (Å²) < 4.78 is 75.4. The van der Waals surface area contributed by atoms with Crippen LogP contribution in [-0.2, 0) is 10.0 Å². The lowest BCUT2D eigenvalue weighted by Gasteiger charge is -2.23. The summed E-state index contributed by atoms with van der Waals surface area (Å²) in [5.74, 6) is -0.491. The number of carbonyl (C=O) groups excluding carboxylic acids is 1. The SMILES string of the molecule is O=C(N[C@H](c1ccccc1)C(F)(F)F)c1cc(Cl)ccc1NS(=O)(=O)c1ccc(Oc2ccccc2Cl)cc1. The van der Waals surface area contributed by atoms with Crippen molar-refractivity contribution < 1.29 is 31.1 Å². The molecule has 0 bridgehead atoms. The summed E-state index contributed by atoms with van der Waals surface area (Å²) in [5, 5.41) is 2.32. The van der Waals surface area contributed by atoms with Gasteiger partial charge in [0, 0.05) is 5.02 Å². The zero-order valence-electron chi connectivity index (χ0n) is 19.7. The Balaban J connectivity index is 1.57. The minimum absolute atomic E-state index is 0.0208. The van der Waals surface area contributed by atoms with Gasteiger partial charge in [0.15, 0.2) is 6.04 Å². The molecule has 4 rings (SSSR count). The molecular weight excluding hydrogens is 576 g/mol. The van der Waals surface area contributed by atoms with Crippen LogP contribution in [0.4, 0.5) is 18.9 Å². The van der Waals surface area contributed by atoms with E-state index in [1.165, 1.54) is 66.7 Å². The van der Waals surface area contributed by atoms with E-state index in [-0.39, 0.29) is 21.2 Å². The van der Waals surface area contributed by atoms with E-state index in [9.17, 15) is 26.4 Å². The first-order chi connectivity index (χ1) is 18.4. The van der Waals surface area contributed by atoms with Crippen LogP contribution in [0.5, 0.6) is 11.5 Å². The molecule has 0 aliphatic rings. The molecular formula is C27H19Cl2F3N2O4S. The number of ether oxygens (including phenoxy) is 1. The molecule has 0 aliphatic heterocycles. The molecule has 0 spiro atoms. The molecule has 0 saturated heterocycles. The highest BCUT2D eigenvalue weighted by Gasteiger charge is 2.42. The summed E-state index contributed by atoms with van der Waals surface area (Å²) in [5.41, 5.74) is -0.848. The molecule has 0 saturated carbocycles. The molecule has 0 aliphatic carbocycles. The molecule has 0 radical (unpaired) electrons. The predicted octanol–water partition coefficient (Wildman–Crippen LogP) is 7.62. The second-order valence-corrected chi connectivity index (χ2v) is 10.7. The van der Waals surface area contributed by atoms with Crippen molar-refractivity contribution in [2.45, 2.75) is 17.1 Å². The molecule has 202 valence electrons. The average molecular weight is 595 g/mol. The van der Waals surface area contributed by atoms with Crippen molar-refractivity contribution in [3.8, 4) is 11.5 Å². The molecule has 1 atom stereocenters. The van der Waals surface area contributed by atoms with Crippen LogP contribution in [0.25, 0.3) is 0 Å². The number of halogens is 5. The first-order valence-corrected chi connectivity index (χ1v) is 13.5. The molecule has 0 unspecified atom stereocenters. The number of benzene rings is 4. The van der Waals surface area contributed by atoms with Crippen LogP contribution in [0, 0.1) is 0 Å². The summed E-state index contributed by atoms with van der Waals surface area (Å²) in [7, 11) is -4.27. The lowest BCUT2D eigenvalue weighted by molar-refractivity contribution is -0.155. The second-order valence-electron chi connectivity index (χ2n) is 8.16. The van der Waals surface area contributed by atoms with Crippen molar-refractivity contribution in [2.24, 2.45) is 0 Å². The van der Waals surface area contributed by atoms with Crippen LogP contribution in [0.1, 0.15) is 22.0 Å². The second kappa shape index (κ2) is 11.6. The van der Waals surface area contributed by atoms with E-state index >= 15 is 0 Å². The number of anilines is 1. The van der Waals surface area contributed by atoms with Crippen LogP contribution in [0.3, 0.4) is 0 Å². The zero-order chi connectivity index (χ0) is 28.2. The van der Waals surface area contributed by atoms with Gasteiger partial charge in [-0.05, 0) is 60.2 Å². The Bertz CT molecular complexity index is 1580. The average Bonchev–Trinajstić information content (AvgIpc) is 2.89. The summed E-state index contributed by atoms with van der Waals surface area (Å²) in [6.45, 7) is 0. The van der Waals surface area contributed by atoms with Gasteiger partial charge in [0.05, 0.1) is 21.2 Å². The number of hydrogen-bond donors (Lipinski definition) is 2. The van der Waals surface area contributed by atoms with E-state index in [0.717, 1.165) is 6.07 Å². The van der Waals surface area contributed by atoms with Gasteiger partial charge in [-0.1, -0.05) is 65.7 Å². The lowest BCUT2D eigenvalue weighted by atomic mass is 10.1. The maximum Gasteiger partial charge on any atom is 0.412 e. The third-order valence-corrected chi connectivity index (χ3v) is 7.33. The van der Waals surface area contributed by atoms with Crippen LogP contribution in [0.2, 0.25) is 10.0 Å². The van der Waals surface area contributed by atoms with E-state index in [1.54, 1.807) is 24.3 Å². The smallest absolute Gasteiger partial charge is 0.412 e. The van der Waals surface area contributed by atoms with Crippen LogP contribution in [0.15, 0.2) is 102 Å². The number of carbonyl (C=O) groups is 1. The quantitative estimate of drug-likeness (QED) is 0.220. The summed E-state index contributed by atoms with van der Waals surface area (Å²) >= 11 is 12.1. The molecule has 39 heavy (non-hydrogen) atoms. The fourth-order valence-corrected chi connectivity index (χ4v) is 4.97. The van der Waals surface area contributed by atoms with Gasteiger partial charge < -0.3 is 10.1 Å². The number of sulfonamides is 1.